The first-order chi connectivity index (χ1) is 7.15. The van der Waals surface area contributed by atoms with Crippen LogP contribution in [0.2, 0.25) is 0 Å². The minimum Gasteiger partial charge on any atom is -0.468 e. The van der Waals surface area contributed by atoms with Crippen LogP contribution in [0.5, 0.6) is 0 Å². The van der Waals surface area contributed by atoms with Gasteiger partial charge in [0.25, 0.3) is 0 Å². The van der Waals surface area contributed by atoms with Crippen molar-refractivity contribution >= 4 is 5.97 Å². The van der Waals surface area contributed by atoms with E-state index in [0.717, 1.165) is 0 Å². The summed E-state index contributed by atoms with van der Waals surface area (Å²) in [5.74, 6) is -0.264. The molecule has 5 heteroatoms. The van der Waals surface area contributed by atoms with Gasteiger partial charge in [-0.2, -0.15) is 0 Å². The maximum atomic E-state index is 11.4. The average molecular weight is 217 g/mol. The van der Waals surface area contributed by atoms with Gasteiger partial charge in [0.2, 0.25) is 0 Å². The van der Waals surface area contributed by atoms with Crippen molar-refractivity contribution in [2.24, 2.45) is 0 Å². The maximum Gasteiger partial charge on any atom is 0.325 e. The quantitative estimate of drug-likeness (QED) is 0.651. The number of rotatable bonds is 4. The van der Waals surface area contributed by atoms with Gasteiger partial charge >= 0.3 is 5.97 Å². The first-order valence-electron chi connectivity index (χ1n) is 5.23. The molecular weight excluding hydrogens is 198 g/mol. The Labute approximate surface area is 90.0 Å². The molecule has 1 aliphatic rings. The number of nitrogens with zero attached hydrogens (tertiary/aromatic N) is 1. The lowest BCUT2D eigenvalue weighted by molar-refractivity contribution is -0.153. The van der Waals surface area contributed by atoms with E-state index in [-0.39, 0.29) is 18.1 Å². The van der Waals surface area contributed by atoms with Crippen molar-refractivity contribution in [2.75, 3.05) is 33.4 Å². The van der Waals surface area contributed by atoms with Gasteiger partial charge in [-0.3, -0.25) is 9.69 Å². The molecule has 1 rings (SSSR count). The zero-order chi connectivity index (χ0) is 11.3. The number of ether oxygens (including phenoxy) is 2. The summed E-state index contributed by atoms with van der Waals surface area (Å²) in [6, 6.07) is -0.317. The molecule has 1 N–H and O–H groups in total. The number of carbonyl (C=O) groups excluding carboxylic acids is 1. The van der Waals surface area contributed by atoms with E-state index in [4.69, 9.17) is 9.47 Å². The predicted octanol–water partition coefficient (Wildman–Crippen LogP) is -0.369. The number of carbonyl (C=O) groups is 1. The molecule has 0 saturated carbocycles. The molecule has 0 amide bonds. The molecule has 5 nitrogen and oxygen atoms in total. The summed E-state index contributed by atoms with van der Waals surface area (Å²) in [4.78, 5) is 13.4. The molecular formula is C10H19NO4. The third-order valence-electron chi connectivity index (χ3n) is 2.55. The molecule has 15 heavy (non-hydrogen) atoms. The molecule has 0 aromatic heterocycles. The summed E-state index contributed by atoms with van der Waals surface area (Å²) >= 11 is 0. The van der Waals surface area contributed by atoms with Crippen molar-refractivity contribution < 1.29 is 19.4 Å². The lowest BCUT2D eigenvalue weighted by atomic mass is 10.2. The molecule has 1 fully saturated rings. The summed E-state index contributed by atoms with van der Waals surface area (Å²) in [6.07, 6.45) is 0.319. The van der Waals surface area contributed by atoms with Crippen molar-refractivity contribution in [2.45, 2.75) is 25.5 Å². The molecule has 0 bridgehead atoms. The monoisotopic (exact) mass is 217 g/mol. The van der Waals surface area contributed by atoms with E-state index in [0.29, 0.717) is 32.7 Å². The highest BCUT2D eigenvalue weighted by Gasteiger charge is 2.29. The van der Waals surface area contributed by atoms with Gasteiger partial charge in [0.05, 0.1) is 26.4 Å². The van der Waals surface area contributed by atoms with Crippen molar-refractivity contribution in [1.82, 2.24) is 4.90 Å². The average Bonchev–Trinajstić information content (AvgIpc) is 2.25. The van der Waals surface area contributed by atoms with Crippen LogP contribution in [-0.2, 0) is 14.3 Å². The van der Waals surface area contributed by atoms with Gasteiger partial charge < -0.3 is 14.6 Å². The molecule has 2 atom stereocenters. The number of aliphatic hydroxyl groups is 1. The van der Waals surface area contributed by atoms with Crippen molar-refractivity contribution in [3.05, 3.63) is 0 Å². The molecule has 0 aromatic carbocycles. The Balaban J connectivity index is 2.46. The highest BCUT2D eigenvalue weighted by Crippen LogP contribution is 2.09. The maximum absolute atomic E-state index is 11.4. The van der Waals surface area contributed by atoms with Crippen molar-refractivity contribution in [3.8, 4) is 0 Å². The van der Waals surface area contributed by atoms with Gasteiger partial charge in [-0.05, 0) is 13.3 Å². The second-order valence-electron chi connectivity index (χ2n) is 3.79. The van der Waals surface area contributed by atoms with E-state index in [1.807, 2.05) is 4.90 Å². The topological polar surface area (TPSA) is 59.0 Å². The number of hydrogen-bond acceptors (Lipinski definition) is 5. The first kappa shape index (κ1) is 12.4. The van der Waals surface area contributed by atoms with E-state index >= 15 is 0 Å². The Morgan fingerprint density at radius 3 is 3.07 bits per heavy atom. The summed E-state index contributed by atoms with van der Waals surface area (Å²) < 4.78 is 9.94. The second kappa shape index (κ2) is 6.05. The number of morpholine rings is 1. The van der Waals surface area contributed by atoms with Gasteiger partial charge in [0.15, 0.2) is 0 Å². The SMILES string of the molecule is COC(=O)C1COCCN1CCC(C)O. The summed E-state index contributed by atoms with van der Waals surface area (Å²) in [6.45, 7) is 4.17. The van der Waals surface area contributed by atoms with Crippen LogP contribution >= 0.6 is 0 Å². The number of hydrogen-bond donors (Lipinski definition) is 1. The fourth-order valence-corrected chi connectivity index (χ4v) is 1.61. The molecule has 1 saturated heterocycles. The Bertz CT molecular complexity index is 208. The van der Waals surface area contributed by atoms with Crippen LogP contribution in [0.25, 0.3) is 0 Å². The molecule has 1 heterocycles. The lowest BCUT2D eigenvalue weighted by Crippen LogP contribution is -2.50. The molecule has 0 aromatic rings. The van der Waals surface area contributed by atoms with Gasteiger partial charge in [0, 0.05) is 13.1 Å². The van der Waals surface area contributed by atoms with Crippen LogP contribution in [0.4, 0.5) is 0 Å². The largest absolute Gasteiger partial charge is 0.468 e. The highest BCUT2D eigenvalue weighted by molar-refractivity contribution is 5.75. The van der Waals surface area contributed by atoms with Crippen LogP contribution in [0, 0.1) is 0 Å². The number of esters is 1. The third-order valence-corrected chi connectivity index (χ3v) is 2.55. The molecule has 0 aliphatic carbocycles. The summed E-state index contributed by atoms with van der Waals surface area (Å²) in [5, 5.41) is 9.19. The third kappa shape index (κ3) is 3.77. The van der Waals surface area contributed by atoms with Crippen LogP contribution in [0.1, 0.15) is 13.3 Å². The lowest BCUT2D eigenvalue weighted by Gasteiger charge is -2.33. The summed E-state index contributed by atoms with van der Waals surface area (Å²) in [7, 11) is 1.38. The molecule has 88 valence electrons. The number of methoxy groups -OCH3 is 1. The van der Waals surface area contributed by atoms with E-state index in [1.165, 1.54) is 7.11 Å². The van der Waals surface area contributed by atoms with Gasteiger partial charge in [-0.1, -0.05) is 0 Å². The molecule has 1 aliphatic heterocycles. The first-order valence-corrected chi connectivity index (χ1v) is 5.23. The van der Waals surface area contributed by atoms with Gasteiger partial charge in [-0.25, -0.2) is 0 Å². The minimum atomic E-state index is -0.342. The number of aliphatic hydroxyl groups excluding tert-OH is 1. The van der Waals surface area contributed by atoms with Crippen LogP contribution in [0.15, 0.2) is 0 Å². The summed E-state index contributed by atoms with van der Waals surface area (Å²) in [5.41, 5.74) is 0. The fourth-order valence-electron chi connectivity index (χ4n) is 1.61. The zero-order valence-electron chi connectivity index (χ0n) is 9.31. The normalized spacial score (nSPS) is 24.9. The van der Waals surface area contributed by atoms with Crippen molar-refractivity contribution in [1.29, 1.82) is 0 Å². The zero-order valence-corrected chi connectivity index (χ0v) is 9.31. The van der Waals surface area contributed by atoms with E-state index < -0.39 is 0 Å². The Morgan fingerprint density at radius 2 is 2.47 bits per heavy atom. The second-order valence-corrected chi connectivity index (χ2v) is 3.79. The standard InChI is InChI=1S/C10H19NO4/c1-8(12)3-4-11-5-6-15-7-9(11)10(13)14-2/h8-9,12H,3-7H2,1-2H3. The molecule has 0 spiro atoms. The van der Waals surface area contributed by atoms with Gasteiger partial charge in [-0.15, -0.1) is 0 Å². The van der Waals surface area contributed by atoms with Crippen molar-refractivity contribution in [3.63, 3.8) is 0 Å². The Kier molecular flexibility index (Phi) is 5.01. The highest BCUT2D eigenvalue weighted by atomic mass is 16.5. The van der Waals surface area contributed by atoms with Gasteiger partial charge in [0.1, 0.15) is 6.04 Å². The van der Waals surface area contributed by atoms with Crippen LogP contribution < -0.4 is 0 Å². The molecule has 0 radical (unpaired) electrons. The smallest absolute Gasteiger partial charge is 0.325 e. The fraction of sp³-hybridized carbons (Fsp3) is 0.900. The van der Waals surface area contributed by atoms with E-state index in [9.17, 15) is 9.90 Å². The molecule has 2 unspecified atom stereocenters. The Morgan fingerprint density at radius 1 is 1.73 bits per heavy atom. The van der Waals surface area contributed by atoms with Crippen LogP contribution in [0.3, 0.4) is 0 Å². The minimum absolute atomic E-state index is 0.264. The van der Waals surface area contributed by atoms with E-state index in [2.05, 4.69) is 0 Å². The Hall–Kier alpha value is -0.650. The van der Waals surface area contributed by atoms with E-state index in [1.54, 1.807) is 6.92 Å². The van der Waals surface area contributed by atoms with Crippen LogP contribution in [-0.4, -0.2) is 61.5 Å². The predicted molar refractivity (Wildman–Crippen MR) is 54.5 cm³/mol.